The lowest BCUT2D eigenvalue weighted by Gasteiger charge is -2.08. The van der Waals surface area contributed by atoms with E-state index in [0.717, 1.165) is 11.3 Å². The molecule has 2 aromatic rings. The standard InChI is InChI=1S/C12H11N5O/c1-9-4-2-3-5-10(9)15-12(18)7-17-8-14-16-11(17)6-13/h2-5,8H,7H2,1H3,(H,15,18). The molecule has 6 nitrogen and oxygen atoms in total. The van der Waals surface area contributed by atoms with E-state index in [2.05, 4.69) is 15.5 Å². The van der Waals surface area contributed by atoms with Crippen LogP contribution in [-0.4, -0.2) is 20.7 Å². The Kier molecular flexibility index (Phi) is 3.34. The molecule has 6 heteroatoms. The Bertz CT molecular complexity index is 605. The number of amides is 1. The highest BCUT2D eigenvalue weighted by Crippen LogP contribution is 2.13. The van der Waals surface area contributed by atoms with E-state index in [-0.39, 0.29) is 18.3 Å². The highest BCUT2D eigenvalue weighted by atomic mass is 16.1. The van der Waals surface area contributed by atoms with Gasteiger partial charge in [0.05, 0.1) is 0 Å². The second kappa shape index (κ2) is 5.10. The van der Waals surface area contributed by atoms with E-state index in [9.17, 15) is 4.79 Å². The van der Waals surface area contributed by atoms with Gasteiger partial charge in [-0.05, 0) is 18.6 Å². The smallest absolute Gasteiger partial charge is 0.244 e. The maximum absolute atomic E-state index is 11.8. The number of anilines is 1. The van der Waals surface area contributed by atoms with Gasteiger partial charge in [0.2, 0.25) is 11.7 Å². The summed E-state index contributed by atoms with van der Waals surface area (Å²) in [6, 6.07) is 9.35. The average molecular weight is 241 g/mol. The number of aromatic nitrogens is 3. The van der Waals surface area contributed by atoms with Gasteiger partial charge in [-0.1, -0.05) is 18.2 Å². The summed E-state index contributed by atoms with van der Waals surface area (Å²) >= 11 is 0. The minimum absolute atomic E-state index is 0.0181. The van der Waals surface area contributed by atoms with Crippen molar-refractivity contribution in [2.45, 2.75) is 13.5 Å². The minimum atomic E-state index is -0.222. The molecule has 0 aliphatic carbocycles. The number of carbonyl (C=O) groups is 1. The third-order valence-electron chi connectivity index (χ3n) is 2.45. The Morgan fingerprint density at radius 3 is 3.00 bits per heavy atom. The van der Waals surface area contributed by atoms with Crippen molar-refractivity contribution >= 4 is 11.6 Å². The zero-order valence-electron chi connectivity index (χ0n) is 9.79. The summed E-state index contributed by atoms with van der Waals surface area (Å²) in [4.78, 5) is 11.8. The first kappa shape index (κ1) is 11.8. The number of benzene rings is 1. The molecule has 1 heterocycles. The number of nitrogens with one attached hydrogen (secondary N) is 1. The van der Waals surface area contributed by atoms with Crippen molar-refractivity contribution in [3.63, 3.8) is 0 Å². The van der Waals surface area contributed by atoms with Crippen LogP contribution in [0.15, 0.2) is 30.6 Å². The summed E-state index contributed by atoms with van der Waals surface area (Å²) in [5.74, 6) is -0.101. The van der Waals surface area contributed by atoms with E-state index >= 15 is 0 Å². The third-order valence-corrected chi connectivity index (χ3v) is 2.45. The molecule has 0 atom stereocenters. The number of hydrogen-bond donors (Lipinski definition) is 1. The molecule has 0 radical (unpaired) electrons. The Morgan fingerprint density at radius 2 is 2.28 bits per heavy atom. The molecule has 0 spiro atoms. The van der Waals surface area contributed by atoms with Crippen LogP contribution < -0.4 is 5.32 Å². The zero-order chi connectivity index (χ0) is 13.0. The number of nitrogens with zero attached hydrogens (tertiary/aromatic N) is 4. The van der Waals surface area contributed by atoms with Gasteiger partial charge >= 0.3 is 0 Å². The van der Waals surface area contributed by atoms with Crippen molar-refractivity contribution in [1.82, 2.24) is 14.8 Å². The van der Waals surface area contributed by atoms with Crippen molar-refractivity contribution in [3.05, 3.63) is 42.0 Å². The third kappa shape index (κ3) is 2.52. The summed E-state index contributed by atoms with van der Waals surface area (Å²) in [5, 5.41) is 18.7. The molecule has 0 aliphatic heterocycles. The summed E-state index contributed by atoms with van der Waals surface area (Å²) in [6.07, 6.45) is 1.36. The van der Waals surface area contributed by atoms with Crippen LogP contribution in [0.5, 0.6) is 0 Å². The quantitative estimate of drug-likeness (QED) is 0.872. The predicted octanol–water partition coefficient (Wildman–Crippen LogP) is 1.10. The van der Waals surface area contributed by atoms with Crippen LogP contribution in [0.2, 0.25) is 0 Å². The Morgan fingerprint density at radius 1 is 1.50 bits per heavy atom. The number of rotatable bonds is 3. The molecular formula is C12H11N5O. The van der Waals surface area contributed by atoms with Gasteiger partial charge < -0.3 is 5.32 Å². The Hall–Kier alpha value is -2.68. The van der Waals surface area contributed by atoms with Crippen molar-refractivity contribution in [2.75, 3.05) is 5.32 Å². The first-order valence-corrected chi connectivity index (χ1v) is 5.34. The van der Waals surface area contributed by atoms with Crippen molar-refractivity contribution in [1.29, 1.82) is 5.26 Å². The van der Waals surface area contributed by atoms with E-state index in [1.807, 2.05) is 37.3 Å². The summed E-state index contributed by atoms with van der Waals surface area (Å²) in [5.41, 5.74) is 1.74. The molecule has 18 heavy (non-hydrogen) atoms. The van der Waals surface area contributed by atoms with Gasteiger partial charge in [0.15, 0.2) is 0 Å². The van der Waals surface area contributed by atoms with Crippen LogP contribution in [0.4, 0.5) is 5.69 Å². The highest BCUT2D eigenvalue weighted by Gasteiger charge is 2.09. The molecule has 0 saturated carbocycles. The average Bonchev–Trinajstić information content (AvgIpc) is 2.79. The van der Waals surface area contributed by atoms with Gasteiger partial charge in [0, 0.05) is 5.69 Å². The van der Waals surface area contributed by atoms with Crippen LogP contribution in [0.25, 0.3) is 0 Å². The molecular weight excluding hydrogens is 230 g/mol. The maximum atomic E-state index is 11.8. The van der Waals surface area contributed by atoms with Gasteiger partial charge in [0.25, 0.3) is 0 Å². The van der Waals surface area contributed by atoms with Gasteiger partial charge in [-0.3, -0.25) is 9.36 Å². The van der Waals surface area contributed by atoms with E-state index in [1.165, 1.54) is 10.9 Å². The fourth-order valence-corrected chi connectivity index (χ4v) is 1.51. The van der Waals surface area contributed by atoms with Crippen LogP contribution in [0, 0.1) is 18.3 Å². The topological polar surface area (TPSA) is 83.6 Å². The summed E-state index contributed by atoms with van der Waals surface area (Å²) < 4.78 is 1.40. The van der Waals surface area contributed by atoms with E-state index in [0.29, 0.717) is 0 Å². The number of para-hydroxylation sites is 1. The fraction of sp³-hybridized carbons (Fsp3) is 0.167. The number of hydrogen-bond acceptors (Lipinski definition) is 4. The molecule has 0 aliphatic rings. The molecule has 0 unspecified atom stereocenters. The van der Waals surface area contributed by atoms with Gasteiger partial charge in [-0.2, -0.15) is 5.26 Å². The van der Waals surface area contributed by atoms with E-state index < -0.39 is 0 Å². The van der Waals surface area contributed by atoms with Gasteiger partial charge in [-0.15, -0.1) is 10.2 Å². The molecule has 2 rings (SSSR count). The monoisotopic (exact) mass is 241 g/mol. The predicted molar refractivity (Wildman–Crippen MR) is 64.5 cm³/mol. The molecule has 1 aromatic heterocycles. The zero-order valence-corrected chi connectivity index (χ0v) is 9.79. The van der Waals surface area contributed by atoms with Crippen molar-refractivity contribution < 1.29 is 4.79 Å². The van der Waals surface area contributed by atoms with Crippen LogP contribution in [0.3, 0.4) is 0 Å². The first-order valence-electron chi connectivity index (χ1n) is 5.34. The molecule has 0 saturated heterocycles. The molecule has 90 valence electrons. The molecule has 1 aromatic carbocycles. The SMILES string of the molecule is Cc1ccccc1NC(=O)Cn1cnnc1C#N. The number of carbonyl (C=O) groups excluding carboxylic acids is 1. The summed E-state index contributed by atoms with van der Waals surface area (Å²) in [6.45, 7) is 1.93. The molecule has 1 N–H and O–H groups in total. The lowest BCUT2D eigenvalue weighted by atomic mass is 10.2. The Labute approximate surface area is 104 Å². The highest BCUT2D eigenvalue weighted by molar-refractivity contribution is 5.91. The van der Waals surface area contributed by atoms with Gasteiger partial charge in [0.1, 0.15) is 18.9 Å². The Balaban J connectivity index is 2.06. The van der Waals surface area contributed by atoms with Crippen molar-refractivity contribution in [2.24, 2.45) is 0 Å². The molecule has 1 amide bonds. The lowest BCUT2D eigenvalue weighted by Crippen LogP contribution is -2.19. The lowest BCUT2D eigenvalue weighted by molar-refractivity contribution is -0.116. The molecule has 0 bridgehead atoms. The normalized spacial score (nSPS) is 9.78. The second-order valence-corrected chi connectivity index (χ2v) is 3.76. The van der Waals surface area contributed by atoms with Crippen LogP contribution in [-0.2, 0) is 11.3 Å². The second-order valence-electron chi connectivity index (χ2n) is 3.76. The summed E-state index contributed by atoms with van der Waals surface area (Å²) in [7, 11) is 0. The van der Waals surface area contributed by atoms with E-state index in [4.69, 9.17) is 5.26 Å². The van der Waals surface area contributed by atoms with Crippen LogP contribution >= 0.6 is 0 Å². The number of aryl methyl sites for hydroxylation is 1. The maximum Gasteiger partial charge on any atom is 0.244 e. The number of nitriles is 1. The van der Waals surface area contributed by atoms with E-state index in [1.54, 1.807) is 0 Å². The van der Waals surface area contributed by atoms with Gasteiger partial charge in [-0.25, -0.2) is 0 Å². The molecule has 0 fully saturated rings. The fourth-order valence-electron chi connectivity index (χ4n) is 1.51. The minimum Gasteiger partial charge on any atom is -0.324 e. The van der Waals surface area contributed by atoms with Crippen molar-refractivity contribution in [3.8, 4) is 6.07 Å². The van der Waals surface area contributed by atoms with Crippen LogP contribution in [0.1, 0.15) is 11.4 Å². The first-order chi connectivity index (χ1) is 8.70. The largest absolute Gasteiger partial charge is 0.324 e.